The molecule has 3 aromatic rings. The molecule has 3 nitrogen and oxygen atoms in total. The molecule has 0 aliphatic carbocycles. The number of hydrogen-bond acceptors (Lipinski definition) is 2. The highest BCUT2D eigenvalue weighted by atomic mass is 35.5. The molecule has 1 aliphatic heterocycles. The van der Waals surface area contributed by atoms with E-state index >= 15 is 0 Å². The lowest BCUT2D eigenvalue weighted by atomic mass is 9.99. The third-order valence-corrected chi connectivity index (χ3v) is 4.94. The van der Waals surface area contributed by atoms with Gasteiger partial charge in [0, 0.05) is 17.7 Å². The van der Waals surface area contributed by atoms with E-state index in [0.29, 0.717) is 5.02 Å². The fourth-order valence-corrected chi connectivity index (χ4v) is 3.59. The van der Waals surface area contributed by atoms with E-state index in [0.717, 1.165) is 42.1 Å². The molecule has 0 fully saturated rings. The smallest absolute Gasteiger partial charge is 0.0920 e. The summed E-state index contributed by atoms with van der Waals surface area (Å²) < 4.78 is 1.99. The quantitative estimate of drug-likeness (QED) is 0.730. The van der Waals surface area contributed by atoms with E-state index in [1.54, 1.807) is 0 Å². The van der Waals surface area contributed by atoms with E-state index in [2.05, 4.69) is 42.6 Å². The van der Waals surface area contributed by atoms with Gasteiger partial charge in [0.05, 0.1) is 22.1 Å². The Kier molecular flexibility index (Phi) is 4.43. The first-order chi connectivity index (χ1) is 12.3. The van der Waals surface area contributed by atoms with Crippen LogP contribution in [0.2, 0.25) is 5.02 Å². The Morgan fingerprint density at radius 3 is 2.52 bits per heavy atom. The Hall–Kier alpha value is -2.36. The van der Waals surface area contributed by atoms with Gasteiger partial charge in [-0.1, -0.05) is 60.1 Å². The van der Waals surface area contributed by atoms with Crippen molar-refractivity contribution in [3.63, 3.8) is 0 Å². The maximum atomic E-state index is 6.48. The first-order valence-electron chi connectivity index (χ1n) is 8.56. The monoisotopic (exact) mass is 349 g/mol. The molecule has 2 aromatic carbocycles. The van der Waals surface area contributed by atoms with Gasteiger partial charge in [-0.25, -0.2) is 4.68 Å². The standard InChI is InChI=1S/C21H20ClN3/c1-15-20(16-11-13-23-14-12-16)24-25(19-10-6-5-9-18(19)22)21(15)17-7-3-2-4-8-17/h2-11,23H,12-14H2,1H3. The number of nitrogens with zero attached hydrogens (tertiary/aromatic N) is 2. The van der Waals surface area contributed by atoms with Crippen LogP contribution in [0, 0.1) is 6.92 Å². The highest BCUT2D eigenvalue weighted by molar-refractivity contribution is 6.32. The van der Waals surface area contributed by atoms with Crippen molar-refractivity contribution in [3.05, 3.63) is 77.0 Å². The molecule has 0 unspecified atom stereocenters. The molecule has 4 heteroatoms. The van der Waals surface area contributed by atoms with E-state index in [1.807, 2.05) is 35.0 Å². The fraction of sp³-hybridized carbons (Fsp3) is 0.190. The molecule has 126 valence electrons. The van der Waals surface area contributed by atoms with E-state index in [4.69, 9.17) is 16.7 Å². The second-order valence-electron chi connectivity index (χ2n) is 6.23. The van der Waals surface area contributed by atoms with Gasteiger partial charge in [-0.15, -0.1) is 0 Å². The number of halogens is 1. The van der Waals surface area contributed by atoms with Gasteiger partial charge in [0.2, 0.25) is 0 Å². The average molecular weight is 350 g/mol. The third kappa shape index (κ3) is 3.01. The summed E-state index contributed by atoms with van der Waals surface area (Å²) in [4.78, 5) is 0. The van der Waals surface area contributed by atoms with Crippen LogP contribution in [0.25, 0.3) is 22.5 Å². The van der Waals surface area contributed by atoms with Crippen molar-refractivity contribution in [1.82, 2.24) is 15.1 Å². The van der Waals surface area contributed by atoms with Crippen LogP contribution in [0.15, 0.2) is 60.7 Å². The zero-order chi connectivity index (χ0) is 17.2. The van der Waals surface area contributed by atoms with Crippen molar-refractivity contribution in [2.75, 3.05) is 13.1 Å². The number of benzene rings is 2. The molecule has 0 bridgehead atoms. The highest BCUT2D eigenvalue weighted by Gasteiger charge is 2.21. The van der Waals surface area contributed by atoms with Crippen molar-refractivity contribution in [1.29, 1.82) is 0 Å². The first-order valence-corrected chi connectivity index (χ1v) is 8.93. The Morgan fingerprint density at radius 2 is 1.80 bits per heavy atom. The summed E-state index contributed by atoms with van der Waals surface area (Å²) >= 11 is 6.48. The van der Waals surface area contributed by atoms with Crippen LogP contribution < -0.4 is 5.32 Å². The molecule has 4 rings (SSSR count). The minimum atomic E-state index is 0.702. The lowest BCUT2D eigenvalue weighted by molar-refractivity contribution is 0.734. The van der Waals surface area contributed by atoms with Gasteiger partial charge in [-0.3, -0.25) is 0 Å². The first kappa shape index (κ1) is 16.1. The van der Waals surface area contributed by atoms with E-state index in [1.165, 1.54) is 11.1 Å². The summed E-state index contributed by atoms with van der Waals surface area (Å²) in [5, 5.41) is 9.04. The van der Waals surface area contributed by atoms with Gasteiger partial charge in [0.25, 0.3) is 0 Å². The molecule has 0 spiro atoms. The number of hydrogen-bond donors (Lipinski definition) is 1. The van der Waals surface area contributed by atoms with Gasteiger partial charge in [-0.2, -0.15) is 5.10 Å². The molecule has 25 heavy (non-hydrogen) atoms. The van der Waals surface area contributed by atoms with Gasteiger partial charge in [0.15, 0.2) is 0 Å². The molecule has 1 aliphatic rings. The van der Waals surface area contributed by atoms with Crippen molar-refractivity contribution < 1.29 is 0 Å². The molecule has 0 radical (unpaired) electrons. The summed E-state index contributed by atoms with van der Waals surface area (Å²) in [6, 6.07) is 18.3. The summed E-state index contributed by atoms with van der Waals surface area (Å²) in [5.74, 6) is 0. The molecule has 1 N–H and O–H groups in total. The van der Waals surface area contributed by atoms with Gasteiger partial charge < -0.3 is 5.32 Å². The molecular weight excluding hydrogens is 330 g/mol. The van der Waals surface area contributed by atoms with Crippen LogP contribution in [0.3, 0.4) is 0 Å². The zero-order valence-corrected chi connectivity index (χ0v) is 14.9. The molecule has 0 saturated carbocycles. The van der Waals surface area contributed by atoms with Crippen LogP contribution in [0.4, 0.5) is 0 Å². The van der Waals surface area contributed by atoms with E-state index in [-0.39, 0.29) is 0 Å². The Balaban J connectivity index is 1.96. The van der Waals surface area contributed by atoms with Crippen LogP contribution in [-0.2, 0) is 0 Å². The van der Waals surface area contributed by atoms with Crippen molar-refractivity contribution >= 4 is 17.2 Å². The maximum absolute atomic E-state index is 6.48. The predicted octanol–water partition coefficient (Wildman–Crippen LogP) is 4.88. The lowest BCUT2D eigenvalue weighted by Gasteiger charge is -2.12. The molecule has 0 saturated heterocycles. The minimum Gasteiger partial charge on any atom is -0.313 e. The maximum Gasteiger partial charge on any atom is 0.0920 e. The number of nitrogens with one attached hydrogen (secondary N) is 1. The van der Waals surface area contributed by atoms with Crippen LogP contribution >= 0.6 is 11.6 Å². The third-order valence-electron chi connectivity index (χ3n) is 4.62. The zero-order valence-electron chi connectivity index (χ0n) is 14.2. The summed E-state index contributed by atoms with van der Waals surface area (Å²) in [7, 11) is 0. The molecule has 0 atom stereocenters. The minimum absolute atomic E-state index is 0.702. The van der Waals surface area contributed by atoms with Crippen molar-refractivity contribution in [2.45, 2.75) is 13.3 Å². The second kappa shape index (κ2) is 6.87. The van der Waals surface area contributed by atoms with Gasteiger partial charge >= 0.3 is 0 Å². The SMILES string of the molecule is Cc1c(C2=CCNCC2)nn(-c2ccccc2Cl)c1-c1ccccc1. The lowest BCUT2D eigenvalue weighted by Crippen LogP contribution is -2.20. The number of rotatable bonds is 3. The summed E-state index contributed by atoms with van der Waals surface area (Å²) in [6.45, 7) is 4.04. The summed E-state index contributed by atoms with van der Waals surface area (Å²) in [5.41, 5.74) is 6.72. The van der Waals surface area contributed by atoms with E-state index < -0.39 is 0 Å². The fourth-order valence-electron chi connectivity index (χ4n) is 3.37. The average Bonchev–Trinajstić information content (AvgIpc) is 3.00. The summed E-state index contributed by atoms with van der Waals surface area (Å²) in [6.07, 6.45) is 3.24. The molecule has 1 aromatic heterocycles. The Labute approximate surface area is 153 Å². The normalized spacial score (nSPS) is 14.4. The predicted molar refractivity (Wildman–Crippen MR) is 104 cm³/mol. The molecule has 0 amide bonds. The van der Waals surface area contributed by atoms with Gasteiger partial charge in [-0.05, 0) is 37.6 Å². The van der Waals surface area contributed by atoms with Crippen molar-refractivity contribution in [2.24, 2.45) is 0 Å². The second-order valence-corrected chi connectivity index (χ2v) is 6.64. The molecule has 2 heterocycles. The largest absolute Gasteiger partial charge is 0.313 e. The topological polar surface area (TPSA) is 29.9 Å². The van der Waals surface area contributed by atoms with Crippen LogP contribution in [-0.4, -0.2) is 22.9 Å². The Morgan fingerprint density at radius 1 is 1.04 bits per heavy atom. The van der Waals surface area contributed by atoms with Gasteiger partial charge in [0.1, 0.15) is 0 Å². The Bertz CT molecular complexity index is 926. The highest BCUT2D eigenvalue weighted by Crippen LogP contribution is 2.34. The molecular formula is C21H20ClN3. The van der Waals surface area contributed by atoms with Crippen LogP contribution in [0.5, 0.6) is 0 Å². The number of para-hydroxylation sites is 1. The van der Waals surface area contributed by atoms with Crippen LogP contribution in [0.1, 0.15) is 17.7 Å². The number of aromatic nitrogens is 2. The van der Waals surface area contributed by atoms with E-state index in [9.17, 15) is 0 Å². The van der Waals surface area contributed by atoms with Crippen molar-refractivity contribution in [3.8, 4) is 16.9 Å².